The van der Waals surface area contributed by atoms with Gasteiger partial charge in [-0.1, -0.05) is 37.3 Å². The van der Waals surface area contributed by atoms with Crippen LogP contribution in [0.25, 0.3) is 0 Å². The number of benzene rings is 1. The molecule has 4 heteroatoms. The lowest BCUT2D eigenvalue weighted by atomic mass is 10.0. The normalized spacial score (nSPS) is 16.9. The summed E-state index contributed by atoms with van der Waals surface area (Å²) in [5, 5.41) is 2.95. The molecule has 0 bridgehead atoms. The monoisotopic (exact) mass is 276 g/mol. The molecule has 1 heterocycles. The number of piperidine rings is 1. The molecule has 1 fully saturated rings. The Bertz CT molecular complexity index is 400. The largest absolute Gasteiger partial charge is 0.450 e. The van der Waals surface area contributed by atoms with Crippen LogP contribution in [0.4, 0.5) is 4.79 Å². The van der Waals surface area contributed by atoms with E-state index in [1.807, 2.05) is 13.0 Å². The highest BCUT2D eigenvalue weighted by Crippen LogP contribution is 2.13. The van der Waals surface area contributed by atoms with Crippen LogP contribution in [0.3, 0.4) is 0 Å². The molecule has 0 saturated carbocycles. The maximum Gasteiger partial charge on any atom is 0.407 e. The van der Waals surface area contributed by atoms with Gasteiger partial charge in [-0.2, -0.15) is 0 Å². The molecular weight excluding hydrogens is 252 g/mol. The molecule has 1 N–H and O–H groups in total. The third kappa shape index (κ3) is 4.85. The van der Waals surface area contributed by atoms with Crippen LogP contribution in [-0.2, 0) is 11.3 Å². The van der Waals surface area contributed by atoms with Gasteiger partial charge in [0, 0.05) is 25.7 Å². The second-order valence-electron chi connectivity index (χ2n) is 5.32. The standard InChI is InChI=1S/C16H24N2O2/c1-2-12-20-16(19)17-15-8-10-18(11-9-15)13-14-6-4-3-5-7-14/h3-7,15H,2,8-13H2,1H3,(H,17,19). The van der Waals surface area contributed by atoms with E-state index < -0.39 is 0 Å². The lowest BCUT2D eigenvalue weighted by molar-refractivity contribution is 0.131. The van der Waals surface area contributed by atoms with E-state index in [2.05, 4.69) is 34.5 Å². The van der Waals surface area contributed by atoms with Crippen molar-refractivity contribution in [2.45, 2.75) is 38.8 Å². The lowest BCUT2D eigenvalue weighted by Crippen LogP contribution is -2.44. The molecule has 4 nitrogen and oxygen atoms in total. The van der Waals surface area contributed by atoms with Crippen molar-refractivity contribution < 1.29 is 9.53 Å². The van der Waals surface area contributed by atoms with Crippen molar-refractivity contribution in [3.8, 4) is 0 Å². The number of hydrogen-bond acceptors (Lipinski definition) is 3. The number of ether oxygens (including phenoxy) is 1. The molecule has 2 rings (SSSR count). The number of carbonyl (C=O) groups excluding carboxylic acids is 1. The quantitative estimate of drug-likeness (QED) is 0.899. The molecule has 0 radical (unpaired) electrons. The van der Waals surface area contributed by atoms with E-state index in [9.17, 15) is 4.79 Å². The fourth-order valence-corrected chi connectivity index (χ4v) is 2.48. The summed E-state index contributed by atoms with van der Waals surface area (Å²) in [5.41, 5.74) is 1.35. The SMILES string of the molecule is CCCOC(=O)NC1CCN(Cc2ccccc2)CC1. The van der Waals surface area contributed by atoms with E-state index in [1.54, 1.807) is 0 Å². The molecule has 110 valence electrons. The van der Waals surface area contributed by atoms with Crippen LogP contribution in [0.5, 0.6) is 0 Å². The highest BCUT2D eigenvalue weighted by atomic mass is 16.5. The van der Waals surface area contributed by atoms with Gasteiger partial charge in [-0.25, -0.2) is 4.79 Å². The third-order valence-electron chi connectivity index (χ3n) is 3.60. The summed E-state index contributed by atoms with van der Waals surface area (Å²) in [6.45, 7) is 5.53. The Morgan fingerprint density at radius 1 is 1.30 bits per heavy atom. The Balaban J connectivity index is 1.68. The Kier molecular flexibility index (Phi) is 5.87. The molecular formula is C16H24N2O2. The first-order valence-electron chi connectivity index (χ1n) is 7.47. The van der Waals surface area contributed by atoms with Gasteiger partial charge in [-0.05, 0) is 24.8 Å². The predicted octanol–water partition coefficient (Wildman–Crippen LogP) is 2.79. The molecule has 0 aliphatic carbocycles. The van der Waals surface area contributed by atoms with Crippen LogP contribution >= 0.6 is 0 Å². The van der Waals surface area contributed by atoms with Crippen LogP contribution in [0.1, 0.15) is 31.7 Å². The molecule has 1 amide bonds. The first-order chi connectivity index (χ1) is 9.78. The second kappa shape index (κ2) is 7.90. The first kappa shape index (κ1) is 14.9. The van der Waals surface area contributed by atoms with E-state index >= 15 is 0 Å². The van der Waals surface area contributed by atoms with Crippen molar-refractivity contribution in [3.63, 3.8) is 0 Å². The van der Waals surface area contributed by atoms with Gasteiger partial charge in [0.25, 0.3) is 0 Å². The number of likely N-dealkylation sites (tertiary alicyclic amines) is 1. The van der Waals surface area contributed by atoms with Crippen LogP contribution in [-0.4, -0.2) is 36.7 Å². The zero-order chi connectivity index (χ0) is 14.2. The number of hydrogen-bond donors (Lipinski definition) is 1. The third-order valence-corrected chi connectivity index (χ3v) is 3.60. The van der Waals surface area contributed by atoms with E-state index in [0.29, 0.717) is 6.61 Å². The van der Waals surface area contributed by atoms with Crippen LogP contribution in [0, 0.1) is 0 Å². The fourth-order valence-electron chi connectivity index (χ4n) is 2.48. The topological polar surface area (TPSA) is 41.6 Å². The maximum atomic E-state index is 11.5. The van der Waals surface area contributed by atoms with Crippen molar-refractivity contribution in [1.29, 1.82) is 0 Å². The summed E-state index contributed by atoms with van der Waals surface area (Å²) < 4.78 is 5.05. The molecule has 1 aromatic carbocycles. The smallest absolute Gasteiger partial charge is 0.407 e. The van der Waals surface area contributed by atoms with E-state index in [4.69, 9.17) is 4.74 Å². The van der Waals surface area contributed by atoms with Gasteiger partial charge in [0.05, 0.1) is 6.61 Å². The van der Waals surface area contributed by atoms with Crippen LogP contribution < -0.4 is 5.32 Å². The highest BCUT2D eigenvalue weighted by molar-refractivity contribution is 5.67. The number of alkyl carbamates (subject to hydrolysis) is 1. The predicted molar refractivity (Wildman–Crippen MR) is 79.5 cm³/mol. The molecule has 0 spiro atoms. The summed E-state index contributed by atoms with van der Waals surface area (Å²) in [6.07, 6.45) is 2.58. The van der Waals surface area contributed by atoms with E-state index in [-0.39, 0.29) is 12.1 Å². The number of carbonyl (C=O) groups is 1. The molecule has 1 saturated heterocycles. The summed E-state index contributed by atoms with van der Waals surface area (Å²) in [7, 11) is 0. The zero-order valence-corrected chi connectivity index (χ0v) is 12.2. The van der Waals surface area contributed by atoms with Gasteiger partial charge in [-0.3, -0.25) is 4.90 Å². The molecule has 1 aliphatic rings. The highest BCUT2D eigenvalue weighted by Gasteiger charge is 2.20. The Morgan fingerprint density at radius 2 is 2.00 bits per heavy atom. The summed E-state index contributed by atoms with van der Waals surface area (Å²) in [4.78, 5) is 13.9. The van der Waals surface area contributed by atoms with Gasteiger partial charge >= 0.3 is 6.09 Å². The van der Waals surface area contributed by atoms with Crippen LogP contribution in [0.15, 0.2) is 30.3 Å². The second-order valence-corrected chi connectivity index (χ2v) is 5.32. The molecule has 20 heavy (non-hydrogen) atoms. The molecule has 0 atom stereocenters. The van der Waals surface area contributed by atoms with Crippen LogP contribution in [0.2, 0.25) is 0 Å². The van der Waals surface area contributed by atoms with Gasteiger partial charge < -0.3 is 10.1 Å². The van der Waals surface area contributed by atoms with Crippen molar-refractivity contribution in [2.75, 3.05) is 19.7 Å². The average molecular weight is 276 g/mol. The van der Waals surface area contributed by atoms with Gasteiger partial charge in [0.1, 0.15) is 0 Å². The number of nitrogens with zero attached hydrogens (tertiary/aromatic N) is 1. The molecule has 1 aromatic rings. The summed E-state index contributed by atoms with van der Waals surface area (Å²) >= 11 is 0. The Labute approximate surface area is 121 Å². The lowest BCUT2D eigenvalue weighted by Gasteiger charge is -2.32. The summed E-state index contributed by atoms with van der Waals surface area (Å²) in [6, 6.07) is 10.8. The molecule has 1 aliphatic heterocycles. The summed E-state index contributed by atoms with van der Waals surface area (Å²) in [5.74, 6) is 0. The average Bonchev–Trinajstić information content (AvgIpc) is 2.48. The van der Waals surface area contributed by atoms with Crippen molar-refractivity contribution in [3.05, 3.63) is 35.9 Å². The fraction of sp³-hybridized carbons (Fsp3) is 0.562. The van der Waals surface area contributed by atoms with Gasteiger partial charge in [0.15, 0.2) is 0 Å². The number of rotatable bonds is 5. The van der Waals surface area contributed by atoms with E-state index in [1.165, 1.54) is 5.56 Å². The number of amides is 1. The minimum absolute atomic E-state index is 0.256. The van der Waals surface area contributed by atoms with E-state index in [0.717, 1.165) is 38.9 Å². The maximum absolute atomic E-state index is 11.5. The number of nitrogens with one attached hydrogen (secondary N) is 1. The Morgan fingerprint density at radius 3 is 2.65 bits per heavy atom. The van der Waals surface area contributed by atoms with Gasteiger partial charge in [0.2, 0.25) is 0 Å². The zero-order valence-electron chi connectivity index (χ0n) is 12.2. The molecule has 0 unspecified atom stereocenters. The minimum Gasteiger partial charge on any atom is -0.450 e. The minimum atomic E-state index is -0.270. The molecule has 0 aromatic heterocycles. The Hall–Kier alpha value is -1.55. The van der Waals surface area contributed by atoms with Crippen molar-refractivity contribution in [1.82, 2.24) is 10.2 Å². The van der Waals surface area contributed by atoms with Crippen molar-refractivity contribution >= 4 is 6.09 Å². The van der Waals surface area contributed by atoms with Crippen molar-refractivity contribution in [2.24, 2.45) is 0 Å². The van der Waals surface area contributed by atoms with Gasteiger partial charge in [-0.15, -0.1) is 0 Å². The first-order valence-corrected chi connectivity index (χ1v) is 7.47.